The quantitative estimate of drug-likeness (QED) is 0.368. The molecule has 168 valence electrons. The summed E-state index contributed by atoms with van der Waals surface area (Å²) < 4.78 is 3.46. The van der Waals surface area contributed by atoms with Crippen LogP contribution >= 0.6 is 0 Å². The molecule has 0 radical (unpaired) electrons. The van der Waals surface area contributed by atoms with Crippen LogP contribution in [0.5, 0.6) is 0 Å². The number of nitrogens with one attached hydrogen (secondary N) is 2. The summed E-state index contributed by atoms with van der Waals surface area (Å²) >= 11 is 0. The molecule has 4 aromatic rings. The second-order valence-corrected chi connectivity index (χ2v) is 7.98. The number of nitrogens with zero attached hydrogens (tertiary/aromatic N) is 7. The van der Waals surface area contributed by atoms with Crippen LogP contribution in [0.4, 0.5) is 17.3 Å². The van der Waals surface area contributed by atoms with Crippen molar-refractivity contribution in [2.24, 2.45) is 0 Å². The summed E-state index contributed by atoms with van der Waals surface area (Å²) in [7, 11) is 0. The van der Waals surface area contributed by atoms with Crippen LogP contribution in [0.1, 0.15) is 30.5 Å². The van der Waals surface area contributed by atoms with Crippen LogP contribution in [0.2, 0.25) is 0 Å². The Hall–Kier alpha value is -4.12. The molecule has 3 N–H and O–H groups in total. The van der Waals surface area contributed by atoms with Gasteiger partial charge in [-0.2, -0.15) is 10.1 Å². The molecule has 33 heavy (non-hydrogen) atoms. The summed E-state index contributed by atoms with van der Waals surface area (Å²) in [6.07, 6.45) is 7.44. The van der Waals surface area contributed by atoms with E-state index < -0.39 is 6.10 Å². The van der Waals surface area contributed by atoms with E-state index in [-0.39, 0.29) is 11.9 Å². The Kier molecular flexibility index (Phi) is 5.31. The fourth-order valence-corrected chi connectivity index (χ4v) is 4.13. The van der Waals surface area contributed by atoms with Crippen LogP contribution in [0.15, 0.2) is 49.4 Å². The zero-order valence-corrected chi connectivity index (χ0v) is 18.0. The van der Waals surface area contributed by atoms with Gasteiger partial charge in [0, 0.05) is 11.9 Å². The Labute approximate surface area is 189 Å². The van der Waals surface area contributed by atoms with Crippen molar-refractivity contribution in [3.63, 3.8) is 0 Å². The van der Waals surface area contributed by atoms with Crippen molar-refractivity contribution < 1.29 is 9.90 Å². The number of aromatic nitrogens is 7. The minimum Gasteiger partial charge on any atom is -0.391 e. The molecule has 1 aliphatic rings. The van der Waals surface area contributed by atoms with Crippen LogP contribution < -0.4 is 10.6 Å². The predicted molar refractivity (Wildman–Crippen MR) is 122 cm³/mol. The Balaban J connectivity index is 1.44. The van der Waals surface area contributed by atoms with Crippen molar-refractivity contribution in [1.29, 1.82) is 0 Å². The summed E-state index contributed by atoms with van der Waals surface area (Å²) in [6, 6.07) is 5.80. The molecule has 0 aliphatic heterocycles. The summed E-state index contributed by atoms with van der Waals surface area (Å²) in [6.45, 7) is 5.62. The van der Waals surface area contributed by atoms with Gasteiger partial charge in [-0.25, -0.2) is 9.67 Å². The van der Waals surface area contributed by atoms with Gasteiger partial charge >= 0.3 is 0 Å². The lowest BCUT2D eigenvalue weighted by Gasteiger charge is -2.14. The minimum absolute atomic E-state index is 0.0536. The first-order valence-electron chi connectivity index (χ1n) is 10.6. The van der Waals surface area contributed by atoms with Gasteiger partial charge in [-0.3, -0.25) is 9.48 Å². The van der Waals surface area contributed by atoms with E-state index in [9.17, 15) is 9.90 Å². The molecule has 1 amide bonds. The summed E-state index contributed by atoms with van der Waals surface area (Å²) in [5, 5.41) is 28.4. The van der Waals surface area contributed by atoms with Gasteiger partial charge in [0.05, 0.1) is 36.8 Å². The highest BCUT2D eigenvalue weighted by atomic mass is 16.3. The summed E-state index contributed by atoms with van der Waals surface area (Å²) in [5.41, 5.74) is 4.87. The zero-order chi connectivity index (χ0) is 22.9. The molecule has 1 unspecified atom stereocenters. The van der Waals surface area contributed by atoms with E-state index in [1.807, 2.05) is 22.9 Å². The highest BCUT2D eigenvalue weighted by molar-refractivity contribution is 5.99. The number of hydrogen-bond acceptors (Lipinski definition) is 8. The fourth-order valence-electron chi connectivity index (χ4n) is 4.13. The maximum absolute atomic E-state index is 11.8. The lowest BCUT2D eigenvalue weighted by molar-refractivity contribution is -0.111. The van der Waals surface area contributed by atoms with Crippen LogP contribution in [0.3, 0.4) is 0 Å². The largest absolute Gasteiger partial charge is 0.391 e. The molecule has 0 spiro atoms. The topological polar surface area (TPSA) is 136 Å². The van der Waals surface area contributed by atoms with Crippen LogP contribution in [0, 0.1) is 0 Å². The molecule has 5 rings (SSSR count). The number of carbonyl (C=O) groups excluding carboxylic acids is 1. The number of aliphatic hydroxyl groups excluding tert-OH is 1. The Morgan fingerprint density at radius 2 is 2.27 bits per heavy atom. The van der Waals surface area contributed by atoms with Crippen molar-refractivity contribution in [2.75, 3.05) is 10.6 Å². The third-order valence-electron chi connectivity index (χ3n) is 5.53. The lowest BCUT2D eigenvalue weighted by atomic mass is 10.1. The molecule has 0 fully saturated rings. The second-order valence-electron chi connectivity index (χ2n) is 7.98. The molecule has 0 saturated heterocycles. The van der Waals surface area contributed by atoms with E-state index in [1.165, 1.54) is 6.08 Å². The second kappa shape index (κ2) is 8.43. The van der Waals surface area contributed by atoms with Crippen LogP contribution in [-0.4, -0.2) is 51.9 Å². The number of aliphatic hydroxyl groups is 1. The third-order valence-corrected chi connectivity index (χ3v) is 5.53. The first-order valence-corrected chi connectivity index (χ1v) is 10.6. The van der Waals surface area contributed by atoms with Gasteiger partial charge in [0.25, 0.3) is 0 Å². The standard InChI is InChI=1S/C22H23N9O2/c1-3-20(33)26-17-6-4-5-16-15(17)7-8-19(16)31-21-18(28-29-31)10-23-22(27-21)25-14-9-24-30(12-14)11-13(2)32/h3-6,9-10,12-13,19,32H,1,7-8,11H2,2H3,(H,26,33)(H,23,25,27)/t13?,19-/m0/s1. The predicted octanol–water partition coefficient (Wildman–Crippen LogP) is 2.20. The van der Waals surface area contributed by atoms with Crippen molar-refractivity contribution in [2.45, 2.75) is 38.5 Å². The van der Waals surface area contributed by atoms with Gasteiger partial charge in [-0.15, -0.1) is 5.10 Å². The number of benzene rings is 1. The zero-order valence-electron chi connectivity index (χ0n) is 18.0. The third kappa shape index (κ3) is 4.05. The van der Waals surface area contributed by atoms with Crippen molar-refractivity contribution in [3.8, 4) is 0 Å². The first kappa shape index (κ1) is 20.8. The Morgan fingerprint density at radius 3 is 3.09 bits per heavy atom. The maximum Gasteiger partial charge on any atom is 0.247 e. The van der Waals surface area contributed by atoms with E-state index >= 15 is 0 Å². The summed E-state index contributed by atoms with van der Waals surface area (Å²) in [4.78, 5) is 20.8. The van der Waals surface area contributed by atoms with Gasteiger partial charge in [0.2, 0.25) is 11.9 Å². The van der Waals surface area contributed by atoms with Gasteiger partial charge < -0.3 is 15.7 Å². The summed E-state index contributed by atoms with van der Waals surface area (Å²) in [5.74, 6) is 0.158. The van der Waals surface area contributed by atoms with E-state index in [1.54, 1.807) is 30.2 Å². The number of rotatable bonds is 7. The smallest absolute Gasteiger partial charge is 0.247 e. The van der Waals surface area contributed by atoms with Gasteiger partial charge in [-0.05, 0) is 43.0 Å². The molecule has 0 saturated carbocycles. The monoisotopic (exact) mass is 445 g/mol. The van der Waals surface area contributed by atoms with Crippen LogP contribution in [-0.2, 0) is 17.8 Å². The van der Waals surface area contributed by atoms with E-state index in [0.717, 1.165) is 29.7 Å². The number of anilines is 3. The number of fused-ring (bicyclic) bond motifs is 2. The fraction of sp³-hybridized carbons (Fsp3) is 0.273. The van der Waals surface area contributed by atoms with Gasteiger partial charge in [-0.1, -0.05) is 23.9 Å². The molecular weight excluding hydrogens is 422 g/mol. The average molecular weight is 445 g/mol. The molecule has 3 aromatic heterocycles. The number of amides is 1. The molecule has 0 bridgehead atoms. The van der Waals surface area contributed by atoms with E-state index in [4.69, 9.17) is 0 Å². The Bertz CT molecular complexity index is 1340. The average Bonchev–Trinajstić information content (AvgIpc) is 3.52. The highest BCUT2D eigenvalue weighted by Crippen LogP contribution is 2.38. The number of carbonyl (C=O) groups is 1. The van der Waals surface area contributed by atoms with Crippen molar-refractivity contribution in [1.82, 2.24) is 34.7 Å². The first-order chi connectivity index (χ1) is 16.0. The lowest BCUT2D eigenvalue weighted by Crippen LogP contribution is -2.12. The van der Waals surface area contributed by atoms with E-state index in [2.05, 4.69) is 42.6 Å². The molecule has 1 aromatic carbocycles. The molecule has 2 atom stereocenters. The molecule has 11 nitrogen and oxygen atoms in total. The van der Waals surface area contributed by atoms with Gasteiger partial charge in [0.1, 0.15) is 0 Å². The highest BCUT2D eigenvalue weighted by Gasteiger charge is 2.29. The molecular formula is C22H23N9O2. The normalized spacial score (nSPS) is 15.9. The maximum atomic E-state index is 11.8. The molecule has 3 heterocycles. The Morgan fingerprint density at radius 1 is 1.39 bits per heavy atom. The van der Waals surface area contributed by atoms with Crippen LogP contribution in [0.25, 0.3) is 11.2 Å². The SMILES string of the molecule is C=CC(=O)Nc1cccc2c1CC[C@@H]2n1nnc2cnc(Nc3cnn(CC(C)O)c3)nc21. The number of hydrogen-bond donors (Lipinski definition) is 3. The van der Waals surface area contributed by atoms with E-state index in [0.29, 0.717) is 29.3 Å². The van der Waals surface area contributed by atoms with Crippen molar-refractivity contribution >= 4 is 34.4 Å². The van der Waals surface area contributed by atoms with Crippen molar-refractivity contribution in [3.05, 3.63) is 60.6 Å². The minimum atomic E-state index is -0.495. The molecule has 11 heteroatoms. The van der Waals surface area contributed by atoms with Gasteiger partial charge in [0.15, 0.2) is 11.2 Å². The molecule has 1 aliphatic carbocycles.